The van der Waals surface area contributed by atoms with Crippen LogP contribution in [-0.4, -0.2) is 29.1 Å². The number of pyridine rings is 1. The van der Waals surface area contributed by atoms with Crippen LogP contribution in [0.5, 0.6) is 0 Å². The maximum Gasteiger partial charge on any atom is 0.164 e. The highest BCUT2D eigenvalue weighted by molar-refractivity contribution is 7.27. The Bertz CT molecular complexity index is 4940. The van der Waals surface area contributed by atoms with Crippen LogP contribution < -0.4 is 0 Å². The largest absolute Gasteiger partial charge is 0.309 e. The predicted octanol–water partition coefficient (Wildman–Crippen LogP) is 18.5. The number of benzene rings is 10. The van der Waals surface area contributed by atoms with E-state index in [-0.39, 0.29) is 0 Å². The lowest BCUT2D eigenvalue weighted by molar-refractivity contribution is 1.07. The van der Waals surface area contributed by atoms with E-state index in [1.54, 1.807) is 0 Å². The average Bonchev–Trinajstić information content (AvgIpc) is 4.37. The van der Waals surface area contributed by atoms with Crippen molar-refractivity contribution < 1.29 is 0 Å². The molecule has 0 aliphatic rings. The molecule has 0 amide bonds. The zero-order chi connectivity index (χ0) is 49.8. The van der Waals surface area contributed by atoms with Crippen molar-refractivity contribution in [2.75, 3.05) is 0 Å². The number of hydrogen-bond acceptors (Lipinski definition) is 6. The van der Waals surface area contributed by atoms with Gasteiger partial charge in [-0.05, 0) is 83.9 Å². The molecule has 0 atom stereocenters. The fourth-order valence-corrected chi connectivity index (χ4v) is 14.2. The second-order valence-electron chi connectivity index (χ2n) is 19.3. The Morgan fingerprint density at radius 2 is 0.842 bits per heavy atom. The van der Waals surface area contributed by atoms with Crippen molar-refractivity contribution in [3.8, 4) is 67.8 Å². The molecule has 0 aliphatic heterocycles. The van der Waals surface area contributed by atoms with Gasteiger partial charge >= 0.3 is 0 Å². The Morgan fingerprint density at radius 1 is 0.316 bits per heavy atom. The van der Waals surface area contributed by atoms with Crippen molar-refractivity contribution >= 4 is 107 Å². The number of nitrogens with zero attached hydrogens (tertiary/aromatic N) is 6. The molecular weight excluding hydrogens is 965 g/mol. The van der Waals surface area contributed by atoms with Gasteiger partial charge in [0.15, 0.2) is 17.5 Å². The zero-order valence-electron chi connectivity index (χ0n) is 40.6. The lowest BCUT2D eigenvalue weighted by atomic mass is 9.93. The maximum absolute atomic E-state index is 5.42. The van der Waals surface area contributed by atoms with Crippen molar-refractivity contribution in [1.82, 2.24) is 29.1 Å². The first-order chi connectivity index (χ1) is 37.7. The van der Waals surface area contributed by atoms with E-state index in [0.29, 0.717) is 17.5 Å². The van der Waals surface area contributed by atoms with E-state index >= 15 is 0 Å². The van der Waals surface area contributed by atoms with Crippen LogP contribution in [0.2, 0.25) is 0 Å². The third-order valence-corrected chi connectivity index (χ3v) is 17.5. The van der Waals surface area contributed by atoms with Crippen LogP contribution in [0.25, 0.3) is 152 Å². The predicted molar refractivity (Wildman–Crippen MR) is 319 cm³/mol. The second-order valence-corrected chi connectivity index (χ2v) is 21.4. The molecule has 0 saturated carbocycles. The summed E-state index contributed by atoms with van der Waals surface area (Å²) in [5.74, 6) is 1.79. The SMILES string of the molecule is c1ccc(-c2nc(-c3ccccc3)nc(-c3ccc(-n4c5ccccc5c5c6sc7ccccc7c6ccc54)cc3-c3cc(-c4cccnc4)ccc3-n3c4ccccc4c4c5sc6ccccc6c5ccc43)n2)cc1. The Labute approximate surface area is 443 Å². The molecule has 6 aromatic heterocycles. The molecule has 6 heterocycles. The monoisotopic (exact) mass is 1000 g/mol. The van der Waals surface area contributed by atoms with Gasteiger partial charge in [-0.2, -0.15) is 0 Å². The summed E-state index contributed by atoms with van der Waals surface area (Å²) in [7, 11) is 0. The average molecular weight is 1010 g/mol. The van der Waals surface area contributed by atoms with Gasteiger partial charge in [-0.3, -0.25) is 4.98 Å². The van der Waals surface area contributed by atoms with E-state index < -0.39 is 0 Å². The number of aromatic nitrogens is 6. The van der Waals surface area contributed by atoms with Crippen LogP contribution in [0, 0.1) is 0 Å². The molecule has 0 unspecified atom stereocenters. The van der Waals surface area contributed by atoms with Gasteiger partial charge in [0, 0.05) is 108 Å². The minimum Gasteiger partial charge on any atom is -0.309 e. The van der Waals surface area contributed by atoms with E-state index in [2.05, 4.69) is 202 Å². The van der Waals surface area contributed by atoms with Crippen molar-refractivity contribution in [2.45, 2.75) is 0 Å². The molecule has 0 saturated heterocycles. The van der Waals surface area contributed by atoms with E-state index in [4.69, 9.17) is 15.0 Å². The molecule has 76 heavy (non-hydrogen) atoms. The minimum atomic E-state index is 0.579. The normalized spacial score (nSPS) is 11.9. The molecule has 10 aromatic carbocycles. The molecule has 0 spiro atoms. The fourth-order valence-electron chi connectivity index (χ4n) is 11.7. The van der Waals surface area contributed by atoms with E-state index in [9.17, 15) is 0 Å². The van der Waals surface area contributed by atoms with E-state index in [0.717, 1.165) is 72.4 Å². The minimum absolute atomic E-state index is 0.579. The number of fused-ring (bicyclic) bond motifs is 14. The highest BCUT2D eigenvalue weighted by Crippen LogP contribution is 2.48. The molecule has 0 bridgehead atoms. The standard InChI is InChI=1S/C68H40N6S2/c1-3-16-41(17-4-1)66-70-67(42-18-5-2-6-19-42)72-68(71-66)50-31-30-45(73-55-25-11-7-23-51(55)62-58(73)35-32-48-46-21-9-13-27-60(46)75-64(48)62)39-53(50)54-38-43(44-20-15-37-69-40-44)29-34-57(54)74-56-26-12-8-24-52(56)63-59(74)36-33-49-47-22-10-14-28-61(47)76-65(49)63/h1-40H. The van der Waals surface area contributed by atoms with Crippen LogP contribution in [0.1, 0.15) is 0 Å². The van der Waals surface area contributed by atoms with Crippen LogP contribution in [0.3, 0.4) is 0 Å². The van der Waals surface area contributed by atoms with Gasteiger partial charge in [-0.15, -0.1) is 22.7 Å². The Balaban J connectivity index is 1.04. The first kappa shape index (κ1) is 42.9. The molecular formula is C68H40N6S2. The molecule has 354 valence electrons. The summed E-state index contributed by atoms with van der Waals surface area (Å²) in [4.78, 5) is 20.6. The molecule has 16 aromatic rings. The van der Waals surface area contributed by atoms with Gasteiger partial charge in [-0.25, -0.2) is 15.0 Å². The number of hydrogen-bond donors (Lipinski definition) is 0. The van der Waals surface area contributed by atoms with Crippen molar-refractivity contribution in [3.63, 3.8) is 0 Å². The van der Waals surface area contributed by atoms with Gasteiger partial charge in [0.2, 0.25) is 0 Å². The summed E-state index contributed by atoms with van der Waals surface area (Å²) >= 11 is 3.75. The molecule has 8 heteroatoms. The fraction of sp³-hybridized carbons (Fsp3) is 0. The van der Waals surface area contributed by atoms with Gasteiger partial charge in [0.1, 0.15) is 0 Å². The van der Waals surface area contributed by atoms with E-state index in [1.807, 2.05) is 77.5 Å². The van der Waals surface area contributed by atoms with Crippen LogP contribution in [0.4, 0.5) is 0 Å². The van der Waals surface area contributed by atoms with Crippen molar-refractivity contribution in [3.05, 3.63) is 243 Å². The summed E-state index contributed by atoms with van der Waals surface area (Å²) in [6, 6.07) is 82.9. The van der Waals surface area contributed by atoms with Gasteiger partial charge in [0.25, 0.3) is 0 Å². The first-order valence-corrected chi connectivity index (χ1v) is 27.1. The van der Waals surface area contributed by atoms with Crippen molar-refractivity contribution in [2.24, 2.45) is 0 Å². The third-order valence-electron chi connectivity index (χ3n) is 15.1. The zero-order valence-corrected chi connectivity index (χ0v) is 42.2. The molecule has 0 N–H and O–H groups in total. The van der Waals surface area contributed by atoms with Gasteiger partial charge in [-0.1, -0.05) is 158 Å². The quantitative estimate of drug-likeness (QED) is 0.160. The summed E-state index contributed by atoms with van der Waals surface area (Å²) in [5.41, 5.74) is 13.4. The van der Waals surface area contributed by atoms with Gasteiger partial charge in [0.05, 0.1) is 27.8 Å². The van der Waals surface area contributed by atoms with Crippen LogP contribution in [-0.2, 0) is 0 Å². The highest BCUT2D eigenvalue weighted by atomic mass is 32.1. The Morgan fingerprint density at radius 3 is 1.45 bits per heavy atom. The number of thiophene rings is 2. The second kappa shape index (κ2) is 17.0. The maximum atomic E-state index is 5.42. The van der Waals surface area contributed by atoms with Crippen LogP contribution in [0.15, 0.2) is 243 Å². The summed E-state index contributed by atoms with van der Waals surface area (Å²) < 4.78 is 10.1. The topological polar surface area (TPSA) is 61.4 Å². The highest BCUT2D eigenvalue weighted by Gasteiger charge is 2.25. The lowest BCUT2D eigenvalue weighted by Crippen LogP contribution is -2.04. The summed E-state index contributed by atoms with van der Waals surface area (Å²) in [6.45, 7) is 0. The molecule has 0 radical (unpaired) electrons. The lowest BCUT2D eigenvalue weighted by Gasteiger charge is -2.20. The Hall–Kier alpha value is -9.60. The third kappa shape index (κ3) is 6.58. The Kier molecular flexibility index (Phi) is 9.57. The van der Waals surface area contributed by atoms with Crippen LogP contribution >= 0.6 is 22.7 Å². The molecule has 0 aliphatic carbocycles. The van der Waals surface area contributed by atoms with Crippen molar-refractivity contribution in [1.29, 1.82) is 0 Å². The van der Waals surface area contributed by atoms with Gasteiger partial charge < -0.3 is 9.13 Å². The molecule has 0 fully saturated rings. The smallest absolute Gasteiger partial charge is 0.164 e. The first-order valence-electron chi connectivity index (χ1n) is 25.4. The number of para-hydroxylation sites is 2. The summed E-state index contributed by atoms with van der Waals surface area (Å²) in [6.07, 6.45) is 3.78. The number of rotatable bonds is 7. The molecule has 16 rings (SSSR count). The molecule has 6 nitrogen and oxygen atoms in total. The summed E-state index contributed by atoms with van der Waals surface area (Å²) in [5, 5.41) is 10.1. The van der Waals surface area contributed by atoms with E-state index in [1.165, 1.54) is 61.9 Å².